The van der Waals surface area contributed by atoms with Gasteiger partial charge in [0.05, 0.1) is 17.5 Å². The molecule has 1 aliphatic rings. The Morgan fingerprint density at radius 2 is 2.50 bits per heavy atom. The molecule has 1 saturated heterocycles. The SMILES string of the molecule is CN(Cc1ccc(Cl)s1)C(=O)NC[C@H]1CCOC1. The Bertz CT molecular complexity index is 405. The highest BCUT2D eigenvalue weighted by molar-refractivity contribution is 7.16. The fraction of sp³-hybridized carbons (Fsp3) is 0.583. The van der Waals surface area contributed by atoms with Crippen LogP contribution in [0, 0.1) is 5.92 Å². The lowest BCUT2D eigenvalue weighted by Crippen LogP contribution is -2.39. The third-order valence-electron chi connectivity index (χ3n) is 2.93. The summed E-state index contributed by atoms with van der Waals surface area (Å²) in [7, 11) is 1.79. The van der Waals surface area contributed by atoms with E-state index in [9.17, 15) is 4.79 Å². The number of thiophene rings is 1. The van der Waals surface area contributed by atoms with Crippen molar-refractivity contribution in [1.82, 2.24) is 10.2 Å². The third kappa shape index (κ3) is 3.86. The van der Waals surface area contributed by atoms with Gasteiger partial charge in [0.2, 0.25) is 0 Å². The summed E-state index contributed by atoms with van der Waals surface area (Å²) in [6.45, 7) is 2.84. The largest absolute Gasteiger partial charge is 0.381 e. The molecule has 4 nitrogen and oxygen atoms in total. The summed E-state index contributed by atoms with van der Waals surface area (Å²) in [5.74, 6) is 0.457. The minimum Gasteiger partial charge on any atom is -0.381 e. The van der Waals surface area contributed by atoms with E-state index in [0.717, 1.165) is 28.8 Å². The highest BCUT2D eigenvalue weighted by Crippen LogP contribution is 2.22. The minimum atomic E-state index is -0.0496. The number of halogens is 1. The van der Waals surface area contributed by atoms with E-state index in [1.54, 1.807) is 11.9 Å². The highest BCUT2D eigenvalue weighted by Gasteiger charge is 2.17. The Kier molecular flexibility index (Phi) is 4.86. The number of carbonyl (C=O) groups excluding carboxylic acids is 1. The molecule has 1 fully saturated rings. The van der Waals surface area contributed by atoms with Crippen molar-refractivity contribution in [3.05, 3.63) is 21.3 Å². The normalized spacial score (nSPS) is 18.9. The fourth-order valence-corrected chi connectivity index (χ4v) is 2.99. The van der Waals surface area contributed by atoms with Gasteiger partial charge in [0.15, 0.2) is 0 Å². The van der Waals surface area contributed by atoms with Crippen molar-refractivity contribution in [3.8, 4) is 0 Å². The fourth-order valence-electron chi connectivity index (χ4n) is 1.85. The Balaban J connectivity index is 1.74. The maximum atomic E-state index is 11.9. The maximum absolute atomic E-state index is 11.9. The third-order valence-corrected chi connectivity index (χ3v) is 4.15. The second-order valence-corrected chi connectivity index (χ2v) is 6.28. The molecular weight excluding hydrogens is 272 g/mol. The van der Waals surface area contributed by atoms with Crippen molar-refractivity contribution < 1.29 is 9.53 Å². The topological polar surface area (TPSA) is 41.6 Å². The second kappa shape index (κ2) is 6.41. The summed E-state index contributed by atoms with van der Waals surface area (Å²) < 4.78 is 6.02. The molecule has 0 unspecified atom stereocenters. The van der Waals surface area contributed by atoms with Crippen LogP contribution in [0.15, 0.2) is 12.1 Å². The molecule has 1 N–H and O–H groups in total. The van der Waals surface area contributed by atoms with Crippen molar-refractivity contribution in [2.24, 2.45) is 5.92 Å². The molecule has 1 atom stereocenters. The van der Waals surface area contributed by atoms with Crippen LogP contribution in [0.2, 0.25) is 4.34 Å². The van der Waals surface area contributed by atoms with E-state index in [0.29, 0.717) is 19.0 Å². The molecule has 0 spiro atoms. The predicted octanol–water partition coefficient (Wildman–Crippen LogP) is 2.58. The van der Waals surface area contributed by atoms with Crippen LogP contribution in [0.5, 0.6) is 0 Å². The van der Waals surface area contributed by atoms with E-state index < -0.39 is 0 Å². The number of amides is 2. The quantitative estimate of drug-likeness (QED) is 0.925. The van der Waals surface area contributed by atoms with Crippen LogP contribution in [0.1, 0.15) is 11.3 Å². The monoisotopic (exact) mass is 288 g/mol. The molecule has 18 heavy (non-hydrogen) atoms. The van der Waals surface area contributed by atoms with Gasteiger partial charge in [0, 0.05) is 31.0 Å². The van der Waals surface area contributed by atoms with Crippen LogP contribution in [0.3, 0.4) is 0 Å². The van der Waals surface area contributed by atoms with E-state index in [4.69, 9.17) is 16.3 Å². The average Bonchev–Trinajstić information content (AvgIpc) is 2.97. The Morgan fingerprint density at radius 3 is 3.11 bits per heavy atom. The van der Waals surface area contributed by atoms with Gasteiger partial charge in [0.25, 0.3) is 0 Å². The van der Waals surface area contributed by atoms with Gasteiger partial charge < -0.3 is 15.0 Å². The zero-order chi connectivity index (χ0) is 13.0. The van der Waals surface area contributed by atoms with Gasteiger partial charge in [-0.05, 0) is 18.6 Å². The summed E-state index contributed by atoms with van der Waals surface area (Å²) in [6, 6.07) is 3.75. The summed E-state index contributed by atoms with van der Waals surface area (Å²) in [6.07, 6.45) is 1.03. The zero-order valence-electron chi connectivity index (χ0n) is 10.3. The first-order chi connectivity index (χ1) is 8.65. The smallest absolute Gasteiger partial charge is 0.317 e. The van der Waals surface area contributed by atoms with Gasteiger partial charge >= 0.3 is 6.03 Å². The van der Waals surface area contributed by atoms with Gasteiger partial charge in [-0.25, -0.2) is 4.79 Å². The van der Waals surface area contributed by atoms with Crippen molar-refractivity contribution in [1.29, 1.82) is 0 Å². The number of nitrogens with one attached hydrogen (secondary N) is 1. The summed E-state index contributed by atoms with van der Waals surface area (Å²) >= 11 is 7.36. The molecule has 2 rings (SSSR count). The van der Waals surface area contributed by atoms with Gasteiger partial charge in [-0.3, -0.25) is 0 Å². The van der Waals surface area contributed by atoms with Crippen LogP contribution in [0.25, 0.3) is 0 Å². The molecule has 0 aliphatic carbocycles. The summed E-state index contributed by atoms with van der Waals surface area (Å²) in [5, 5.41) is 2.93. The number of hydrogen-bond donors (Lipinski definition) is 1. The van der Waals surface area contributed by atoms with Crippen LogP contribution in [-0.2, 0) is 11.3 Å². The molecule has 2 heterocycles. The van der Waals surface area contributed by atoms with Gasteiger partial charge in [-0.1, -0.05) is 11.6 Å². The van der Waals surface area contributed by atoms with Crippen molar-refractivity contribution in [2.45, 2.75) is 13.0 Å². The molecule has 1 aromatic heterocycles. The second-order valence-electron chi connectivity index (χ2n) is 4.48. The van der Waals surface area contributed by atoms with Gasteiger partial charge in [0.1, 0.15) is 0 Å². The molecule has 0 bridgehead atoms. The number of urea groups is 1. The first-order valence-electron chi connectivity index (χ1n) is 5.96. The molecule has 0 saturated carbocycles. The molecule has 0 aromatic carbocycles. The maximum Gasteiger partial charge on any atom is 0.317 e. The minimum absolute atomic E-state index is 0.0496. The lowest BCUT2D eigenvalue weighted by atomic mass is 10.1. The average molecular weight is 289 g/mol. The van der Waals surface area contributed by atoms with Crippen LogP contribution < -0.4 is 5.32 Å². The van der Waals surface area contributed by atoms with E-state index in [1.165, 1.54) is 11.3 Å². The number of nitrogens with zero attached hydrogens (tertiary/aromatic N) is 1. The number of hydrogen-bond acceptors (Lipinski definition) is 3. The summed E-state index contributed by atoms with van der Waals surface area (Å²) in [5.41, 5.74) is 0. The predicted molar refractivity (Wildman–Crippen MR) is 73.1 cm³/mol. The molecule has 1 aromatic rings. The molecule has 2 amide bonds. The molecular formula is C12H17ClN2O2S. The molecule has 100 valence electrons. The number of ether oxygens (including phenoxy) is 1. The Morgan fingerprint density at radius 1 is 1.67 bits per heavy atom. The van der Waals surface area contributed by atoms with Crippen molar-refractivity contribution >= 4 is 29.0 Å². The van der Waals surface area contributed by atoms with Gasteiger partial charge in [-0.15, -0.1) is 11.3 Å². The van der Waals surface area contributed by atoms with E-state index in [2.05, 4.69) is 5.32 Å². The lowest BCUT2D eigenvalue weighted by Gasteiger charge is -2.18. The van der Waals surface area contributed by atoms with Crippen LogP contribution in [0.4, 0.5) is 4.79 Å². The molecule has 0 radical (unpaired) electrons. The lowest BCUT2D eigenvalue weighted by molar-refractivity contribution is 0.182. The molecule has 6 heteroatoms. The summed E-state index contributed by atoms with van der Waals surface area (Å²) in [4.78, 5) is 14.6. The van der Waals surface area contributed by atoms with Gasteiger partial charge in [-0.2, -0.15) is 0 Å². The Hall–Kier alpha value is -0.780. The van der Waals surface area contributed by atoms with Crippen molar-refractivity contribution in [2.75, 3.05) is 26.8 Å². The number of carbonyl (C=O) groups is 1. The highest BCUT2D eigenvalue weighted by atomic mass is 35.5. The Labute approximate surface area is 116 Å². The zero-order valence-corrected chi connectivity index (χ0v) is 11.9. The standard InChI is InChI=1S/C12H17ClN2O2S/c1-15(7-10-2-3-11(13)18-10)12(16)14-6-9-4-5-17-8-9/h2-3,9H,4-8H2,1H3,(H,14,16)/t9-/m1/s1. The molecule has 1 aliphatic heterocycles. The van der Waals surface area contributed by atoms with E-state index in [-0.39, 0.29) is 6.03 Å². The first-order valence-corrected chi connectivity index (χ1v) is 7.15. The van der Waals surface area contributed by atoms with E-state index in [1.807, 2.05) is 12.1 Å². The van der Waals surface area contributed by atoms with Crippen LogP contribution in [-0.4, -0.2) is 37.7 Å². The van der Waals surface area contributed by atoms with Crippen molar-refractivity contribution in [3.63, 3.8) is 0 Å². The van der Waals surface area contributed by atoms with E-state index >= 15 is 0 Å². The van der Waals surface area contributed by atoms with Crippen LogP contribution >= 0.6 is 22.9 Å². The number of rotatable bonds is 4. The first kappa shape index (κ1) is 13.6.